The zero-order valence-corrected chi connectivity index (χ0v) is 8.01. The zero-order valence-electron chi connectivity index (χ0n) is 8.01. The van der Waals surface area contributed by atoms with E-state index in [1.54, 1.807) is 0 Å². The number of benzene rings is 1. The summed E-state index contributed by atoms with van der Waals surface area (Å²) in [6.45, 7) is 1.02. The fourth-order valence-electron chi connectivity index (χ4n) is 1.01. The maximum Gasteiger partial charge on any atom is 0.257 e. The monoisotopic (exact) mass is 213 g/mol. The van der Waals surface area contributed by atoms with Crippen molar-refractivity contribution in [2.75, 3.05) is 6.54 Å². The van der Waals surface area contributed by atoms with E-state index >= 15 is 0 Å². The normalized spacial score (nSPS) is 9.80. The molecule has 0 unspecified atom stereocenters. The minimum Gasteiger partial charge on any atom is -0.345 e. The lowest BCUT2D eigenvalue weighted by molar-refractivity contribution is -0.116. The summed E-state index contributed by atoms with van der Waals surface area (Å²) >= 11 is 0. The van der Waals surface area contributed by atoms with E-state index in [4.69, 9.17) is 0 Å². The Labute approximate surface area is 85.1 Å². The molecule has 0 heterocycles. The van der Waals surface area contributed by atoms with Crippen LogP contribution in [0.15, 0.2) is 18.2 Å². The molecule has 0 saturated carbocycles. The number of carbonyl (C=O) groups excluding carboxylic acids is 2. The van der Waals surface area contributed by atoms with Crippen LogP contribution in [0.3, 0.4) is 0 Å². The van der Waals surface area contributed by atoms with Gasteiger partial charge in [-0.2, -0.15) is 0 Å². The minimum atomic E-state index is -0.948. The molecule has 0 atom stereocenters. The number of hydrogen-bond acceptors (Lipinski definition) is 2. The molecule has 0 spiro atoms. The Kier molecular flexibility index (Phi) is 3.49. The summed E-state index contributed by atoms with van der Waals surface area (Å²) in [6.07, 6.45) is 0. The van der Waals surface area contributed by atoms with Crippen molar-refractivity contribution in [3.8, 4) is 0 Å². The molecule has 1 aromatic carbocycles. The third-order valence-electron chi connectivity index (χ3n) is 1.69. The Morgan fingerprint density at radius 1 is 1.27 bits per heavy atom. The van der Waals surface area contributed by atoms with Crippen LogP contribution in [0.25, 0.3) is 0 Å². The van der Waals surface area contributed by atoms with Crippen LogP contribution in [0.1, 0.15) is 17.3 Å². The van der Waals surface area contributed by atoms with E-state index in [1.807, 2.05) is 0 Å². The van der Waals surface area contributed by atoms with Gasteiger partial charge in [-0.15, -0.1) is 0 Å². The van der Waals surface area contributed by atoms with E-state index in [2.05, 4.69) is 5.32 Å². The standard InChI is InChI=1S/C10H9F2NO2/c1-6(14)5-13-10(15)9-7(11)3-2-4-8(9)12/h2-4H,5H2,1H3,(H,13,15). The van der Waals surface area contributed by atoms with Crippen LogP contribution < -0.4 is 5.32 Å². The molecule has 1 amide bonds. The van der Waals surface area contributed by atoms with Gasteiger partial charge in [-0.25, -0.2) is 8.78 Å². The highest BCUT2D eigenvalue weighted by Crippen LogP contribution is 2.11. The highest BCUT2D eigenvalue weighted by atomic mass is 19.1. The van der Waals surface area contributed by atoms with Crippen LogP contribution in [-0.2, 0) is 4.79 Å². The van der Waals surface area contributed by atoms with Gasteiger partial charge in [0.25, 0.3) is 5.91 Å². The molecule has 0 aliphatic rings. The highest BCUT2D eigenvalue weighted by molar-refractivity contribution is 5.96. The summed E-state index contributed by atoms with van der Waals surface area (Å²) in [5.74, 6) is -3.12. The van der Waals surface area contributed by atoms with Crippen molar-refractivity contribution in [3.63, 3.8) is 0 Å². The second kappa shape index (κ2) is 4.63. The summed E-state index contributed by atoms with van der Waals surface area (Å²) in [5.41, 5.74) is -0.668. The van der Waals surface area contributed by atoms with Gasteiger partial charge in [0, 0.05) is 0 Å². The largest absolute Gasteiger partial charge is 0.345 e. The maximum atomic E-state index is 13.0. The topological polar surface area (TPSA) is 46.2 Å². The van der Waals surface area contributed by atoms with Gasteiger partial charge in [0.05, 0.1) is 6.54 Å². The molecule has 3 nitrogen and oxygen atoms in total. The molecule has 15 heavy (non-hydrogen) atoms. The van der Waals surface area contributed by atoms with Crippen LogP contribution in [0.2, 0.25) is 0 Å². The Bertz CT molecular complexity index is 384. The van der Waals surface area contributed by atoms with E-state index in [-0.39, 0.29) is 12.3 Å². The quantitative estimate of drug-likeness (QED) is 0.822. The first-order valence-electron chi connectivity index (χ1n) is 4.24. The second-order valence-corrected chi connectivity index (χ2v) is 2.98. The molecule has 0 radical (unpaired) electrons. The third kappa shape index (κ3) is 2.83. The number of rotatable bonds is 3. The second-order valence-electron chi connectivity index (χ2n) is 2.98. The van der Waals surface area contributed by atoms with Gasteiger partial charge in [0.1, 0.15) is 23.0 Å². The smallest absolute Gasteiger partial charge is 0.257 e. The van der Waals surface area contributed by atoms with Gasteiger partial charge in [0.15, 0.2) is 0 Å². The number of nitrogens with one attached hydrogen (secondary N) is 1. The van der Waals surface area contributed by atoms with E-state index in [9.17, 15) is 18.4 Å². The number of ketones is 1. The summed E-state index contributed by atoms with van der Waals surface area (Å²) in [4.78, 5) is 21.8. The van der Waals surface area contributed by atoms with Gasteiger partial charge >= 0.3 is 0 Å². The number of Topliss-reactive ketones (excluding diaryl/α,β-unsaturated/α-hetero) is 1. The van der Waals surface area contributed by atoms with E-state index in [0.717, 1.165) is 18.2 Å². The Morgan fingerprint density at radius 3 is 2.27 bits per heavy atom. The molecule has 1 aromatic rings. The molecule has 5 heteroatoms. The number of carbonyl (C=O) groups is 2. The Balaban J connectivity index is 2.86. The van der Waals surface area contributed by atoms with Gasteiger partial charge in [-0.05, 0) is 19.1 Å². The lowest BCUT2D eigenvalue weighted by Crippen LogP contribution is -2.29. The van der Waals surface area contributed by atoms with Crippen LogP contribution >= 0.6 is 0 Å². The summed E-state index contributed by atoms with van der Waals surface area (Å²) in [7, 11) is 0. The van der Waals surface area contributed by atoms with Crippen LogP contribution in [0.4, 0.5) is 8.78 Å². The summed E-state index contributed by atoms with van der Waals surface area (Å²) < 4.78 is 26.1. The van der Waals surface area contributed by atoms with Crippen molar-refractivity contribution in [2.45, 2.75) is 6.92 Å². The van der Waals surface area contributed by atoms with E-state index in [1.165, 1.54) is 6.92 Å². The average molecular weight is 213 g/mol. The Morgan fingerprint density at radius 2 is 1.80 bits per heavy atom. The molecule has 0 fully saturated rings. The molecular formula is C10H9F2NO2. The van der Waals surface area contributed by atoms with Crippen molar-refractivity contribution in [2.24, 2.45) is 0 Å². The third-order valence-corrected chi connectivity index (χ3v) is 1.69. The molecule has 0 aromatic heterocycles. The van der Waals surface area contributed by atoms with Gasteiger partial charge < -0.3 is 5.32 Å². The lowest BCUT2D eigenvalue weighted by atomic mass is 10.2. The molecule has 0 bridgehead atoms. The highest BCUT2D eigenvalue weighted by Gasteiger charge is 2.16. The van der Waals surface area contributed by atoms with Crippen LogP contribution in [0.5, 0.6) is 0 Å². The van der Waals surface area contributed by atoms with E-state index in [0.29, 0.717) is 0 Å². The maximum absolute atomic E-state index is 13.0. The number of halogens is 2. The number of hydrogen-bond donors (Lipinski definition) is 1. The molecule has 0 aliphatic heterocycles. The molecule has 1 N–H and O–H groups in total. The molecule has 0 aliphatic carbocycles. The zero-order chi connectivity index (χ0) is 11.4. The summed E-state index contributed by atoms with van der Waals surface area (Å²) in [6, 6.07) is 3.12. The van der Waals surface area contributed by atoms with Crippen LogP contribution in [-0.4, -0.2) is 18.2 Å². The van der Waals surface area contributed by atoms with E-state index < -0.39 is 23.1 Å². The van der Waals surface area contributed by atoms with Crippen LogP contribution in [0, 0.1) is 11.6 Å². The summed E-state index contributed by atoms with van der Waals surface area (Å²) in [5, 5.41) is 2.11. The Hall–Kier alpha value is -1.78. The molecule has 1 rings (SSSR count). The van der Waals surface area contributed by atoms with Gasteiger partial charge in [-0.1, -0.05) is 6.07 Å². The first-order valence-corrected chi connectivity index (χ1v) is 4.24. The first kappa shape index (κ1) is 11.3. The lowest BCUT2D eigenvalue weighted by Gasteiger charge is -2.04. The predicted octanol–water partition coefficient (Wildman–Crippen LogP) is 1.28. The van der Waals surface area contributed by atoms with Crippen molar-refractivity contribution in [1.29, 1.82) is 0 Å². The van der Waals surface area contributed by atoms with Crippen molar-refractivity contribution in [1.82, 2.24) is 5.32 Å². The van der Waals surface area contributed by atoms with Gasteiger partial charge in [-0.3, -0.25) is 9.59 Å². The number of amides is 1. The molecule has 80 valence electrons. The first-order chi connectivity index (χ1) is 7.02. The fraction of sp³-hybridized carbons (Fsp3) is 0.200. The SMILES string of the molecule is CC(=O)CNC(=O)c1c(F)cccc1F. The predicted molar refractivity (Wildman–Crippen MR) is 49.4 cm³/mol. The molecular weight excluding hydrogens is 204 g/mol. The molecule has 0 saturated heterocycles. The van der Waals surface area contributed by atoms with Crippen molar-refractivity contribution < 1.29 is 18.4 Å². The van der Waals surface area contributed by atoms with Crippen molar-refractivity contribution in [3.05, 3.63) is 35.4 Å². The minimum absolute atomic E-state index is 0.243. The average Bonchev–Trinajstić information content (AvgIpc) is 2.14. The van der Waals surface area contributed by atoms with Gasteiger partial charge in [0.2, 0.25) is 0 Å². The fourth-order valence-corrected chi connectivity index (χ4v) is 1.01. The van der Waals surface area contributed by atoms with Crippen molar-refractivity contribution >= 4 is 11.7 Å².